The summed E-state index contributed by atoms with van der Waals surface area (Å²) in [5.74, 6) is 0.101. The van der Waals surface area contributed by atoms with Gasteiger partial charge in [0.1, 0.15) is 18.2 Å². The fourth-order valence-corrected chi connectivity index (χ4v) is 1.86. The largest absolute Gasteiger partial charge is 0.490 e. The number of nitrogens with one attached hydrogen (secondary N) is 1. The third kappa shape index (κ3) is 4.63. The predicted molar refractivity (Wildman–Crippen MR) is 78.0 cm³/mol. The van der Waals surface area contributed by atoms with Gasteiger partial charge in [-0.1, -0.05) is 12.1 Å². The highest BCUT2D eigenvalue weighted by molar-refractivity contribution is 5.43. The van der Waals surface area contributed by atoms with Gasteiger partial charge in [0.05, 0.1) is 6.61 Å². The van der Waals surface area contributed by atoms with Crippen molar-refractivity contribution in [3.63, 3.8) is 0 Å². The first-order valence-corrected chi connectivity index (χ1v) is 6.73. The molecule has 0 fully saturated rings. The molecule has 2 rings (SSSR count). The van der Waals surface area contributed by atoms with Crippen molar-refractivity contribution in [1.29, 1.82) is 0 Å². The van der Waals surface area contributed by atoms with Crippen molar-refractivity contribution in [2.45, 2.75) is 6.92 Å². The number of ether oxygens (including phenoxy) is 2. The van der Waals surface area contributed by atoms with E-state index in [0.29, 0.717) is 36.9 Å². The van der Waals surface area contributed by atoms with Crippen LogP contribution in [0.3, 0.4) is 0 Å². The summed E-state index contributed by atoms with van der Waals surface area (Å²) in [4.78, 5) is 0. The van der Waals surface area contributed by atoms with Gasteiger partial charge in [0.2, 0.25) is 0 Å². The van der Waals surface area contributed by atoms with Crippen molar-refractivity contribution in [3.05, 3.63) is 54.1 Å². The molecular formula is C16H17F2NO2. The molecule has 3 nitrogen and oxygen atoms in total. The Bertz CT molecular complexity index is 570. The fourth-order valence-electron chi connectivity index (χ4n) is 1.86. The molecule has 0 atom stereocenters. The lowest BCUT2D eigenvalue weighted by atomic mass is 10.3. The van der Waals surface area contributed by atoms with Crippen LogP contribution in [0.4, 0.5) is 14.5 Å². The number of rotatable bonds is 7. The number of halogens is 2. The molecule has 0 radical (unpaired) electrons. The number of benzene rings is 2. The summed E-state index contributed by atoms with van der Waals surface area (Å²) in [6.07, 6.45) is 0. The predicted octanol–water partition coefficient (Wildman–Crippen LogP) is 3.85. The minimum absolute atomic E-state index is 0.349. The number of anilines is 1. The lowest BCUT2D eigenvalue weighted by molar-refractivity contribution is 0.284. The van der Waals surface area contributed by atoms with Crippen LogP contribution in [0.2, 0.25) is 0 Å². The smallest absolute Gasteiger partial charge is 0.161 e. The Morgan fingerprint density at radius 3 is 2.19 bits per heavy atom. The maximum atomic E-state index is 13.0. The summed E-state index contributed by atoms with van der Waals surface area (Å²) < 4.78 is 37.1. The van der Waals surface area contributed by atoms with E-state index in [2.05, 4.69) is 5.32 Å². The highest BCUT2D eigenvalue weighted by Gasteiger charge is 2.03. The Kier molecular flexibility index (Phi) is 5.37. The van der Waals surface area contributed by atoms with Crippen LogP contribution in [0.15, 0.2) is 42.5 Å². The Balaban J connectivity index is 1.84. The third-order valence-electron chi connectivity index (χ3n) is 2.70. The Hall–Kier alpha value is -2.30. The summed E-state index contributed by atoms with van der Waals surface area (Å²) in [5, 5.41) is 2.90. The van der Waals surface area contributed by atoms with Gasteiger partial charge in [-0.15, -0.1) is 0 Å². The Labute approximate surface area is 122 Å². The SMILES string of the molecule is CCOc1ccccc1OCCNc1cc(F)cc(F)c1. The summed E-state index contributed by atoms with van der Waals surface area (Å²) in [6, 6.07) is 10.7. The first-order chi connectivity index (χ1) is 10.2. The van der Waals surface area contributed by atoms with Crippen molar-refractivity contribution in [1.82, 2.24) is 0 Å². The van der Waals surface area contributed by atoms with Crippen molar-refractivity contribution in [3.8, 4) is 11.5 Å². The normalized spacial score (nSPS) is 10.2. The van der Waals surface area contributed by atoms with E-state index in [1.807, 2.05) is 31.2 Å². The van der Waals surface area contributed by atoms with Crippen LogP contribution in [0.5, 0.6) is 11.5 Å². The van der Waals surface area contributed by atoms with Gasteiger partial charge in [0.25, 0.3) is 0 Å². The standard InChI is InChI=1S/C16H17F2NO2/c1-2-20-15-5-3-4-6-16(15)21-8-7-19-14-10-12(17)9-13(18)11-14/h3-6,9-11,19H,2,7-8H2,1H3. The topological polar surface area (TPSA) is 30.5 Å². The second-order valence-electron chi connectivity index (χ2n) is 4.31. The van der Waals surface area contributed by atoms with Crippen LogP contribution in [0.25, 0.3) is 0 Å². The third-order valence-corrected chi connectivity index (χ3v) is 2.70. The van der Waals surface area contributed by atoms with Gasteiger partial charge in [0, 0.05) is 18.3 Å². The van der Waals surface area contributed by atoms with Gasteiger partial charge in [-0.05, 0) is 31.2 Å². The van der Waals surface area contributed by atoms with Gasteiger partial charge in [0.15, 0.2) is 11.5 Å². The maximum absolute atomic E-state index is 13.0. The monoisotopic (exact) mass is 293 g/mol. The molecule has 0 amide bonds. The molecule has 0 aliphatic carbocycles. The molecule has 0 saturated carbocycles. The van der Waals surface area contributed by atoms with Crippen molar-refractivity contribution < 1.29 is 18.3 Å². The van der Waals surface area contributed by atoms with E-state index in [1.54, 1.807) is 0 Å². The highest BCUT2D eigenvalue weighted by Crippen LogP contribution is 2.26. The number of hydrogen-bond acceptors (Lipinski definition) is 3. The van der Waals surface area contributed by atoms with Crippen molar-refractivity contribution >= 4 is 5.69 Å². The van der Waals surface area contributed by atoms with Crippen LogP contribution in [-0.2, 0) is 0 Å². The zero-order chi connectivity index (χ0) is 15.1. The number of para-hydroxylation sites is 2. The van der Waals surface area contributed by atoms with E-state index in [0.717, 1.165) is 6.07 Å². The molecule has 0 aromatic heterocycles. The summed E-state index contributed by atoms with van der Waals surface area (Å²) in [6.45, 7) is 3.23. The van der Waals surface area contributed by atoms with E-state index >= 15 is 0 Å². The van der Waals surface area contributed by atoms with Crippen molar-refractivity contribution in [2.24, 2.45) is 0 Å². The molecule has 0 heterocycles. The van der Waals surface area contributed by atoms with Crippen LogP contribution >= 0.6 is 0 Å². The Morgan fingerprint density at radius 1 is 0.952 bits per heavy atom. The first kappa shape index (κ1) is 15.1. The van der Waals surface area contributed by atoms with Gasteiger partial charge < -0.3 is 14.8 Å². The summed E-state index contributed by atoms with van der Waals surface area (Å²) >= 11 is 0. The second kappa shape index (κ2) is 7.47. The molecule has 2 aromatic carbocycles. The molecule has 5 heteroatoms. The average molecular weight is 293 g/mol. The van der Waals surface area contributed by atoms with E-state index in [4.69, 9.17) is 9.47 Å². The lowest BCUT2D eigenvalue weighted by Gasteiger charge is -2.12. The molecule has 112 valence electrons. The summed E-state index contributed by atoms with van der Waals surface area (Å²) in [5.41, 5.74) is 0.384. The fraction of sp³-hybridized carbons (Fsp3) is 0.250. The quantitative estimate of drug-likeness (QED) is 0.786. The molecule has 0 aliphatic rings. The average Bonchev–Trinajstić information content (AvgIpc) is 2.44. The second-order valence-corrected chi connectivity index (χ2v) is 4.31. The number of hydrogen-bond donors (Lipinski definition) is 1. The van der Waals surface area contributed by atoms with E-state index < -0.39 is 11.6 Å². The molecule has 0 spiro atoms. The van der Waals surface area contributed by atoms with Gasteiger partial charge in [-0.2, -0.15) is 0 Å². The molecule has 2 aromatic rings. The zero-order valence-electron chi connectivity index (χ0n) is 11.7. The lowest BCUT2D eigenvalue weighted by Crippen LogP contribution is -2.12. The van der Waals surface area contributed by atoms with Crippen LogP contribution < -0.4 is 14.8 Å². The molecule has 0 unspecified atom stereocenters. The van der Waals surface area contributed by atoms with Gasteiger partial charge in [-0.3, -0.25) is 0 Å². The minimum atomic E-state index is -0.611. The minimum Gasteiger partial charge on any atom is -0.490 e. The van der Waals surface area contributed by atoms with Gasteiger partial charge >= 0.3 is 0 Å². The van der Waals surface area contributed by atoms with E-state index in [-0.39, 0.29) is 0 Å². The van der Waals surface area contributed by atoms with Crippen LogP contribution in [0.1, 0.15) is 6.92 Å². The molecule has 1 N–H and O–H groups in total. The maximum Gasteiger partial charge on any atom is 0.161 e. The highest BCUT2D eigenvalue weighted by atomic mass is 19.1. The van der Waals surface area contributed by atoms with Crippen LogP contribution in [-0.4, -0.2) is 19.8 Å². The molecule has 0 bridgehead atoms. The van der Waals surface area contributed by atoms with E-state index in [9.17, 15) is 8.78 Å². The Morgan fingerprint density at radius 2 is 1.57 bits per heavy atom. The van der Waals surface area contributed by atoms with Gasteiger partial charge in [-0.25, -0.2) is 8.78 Å². The van der Waals surface area contributed by atoms with Crippen LogP contribution in [0, 0.1) is 11.6 Å². The molecule has 0 saturated heterocycles. The molecule has 21 heavy (non-hydrogen) atoms. The first-order valence-electron chi connectivity index (χ1n) is 6.73. The van der Waals surface area contributed by atoms with E-state index in [1.165, 1.54) is 12.1 Å². The summed E-state index contributed by atoms with van der Waals surface area (Å²) in [7, 11) is 0. The molecule has 0 aliphatic heterocycles. The van der Waals surface area contributed by atoms with Crippen molar-refractivity contribution in [2.75, 3.05) is 25.1 Å². The zero-order valence-corrected chi connectivity index (χ0v) is 11.7. The molecular weight excluding hydrogens is 276 g/mol.